The van der Waals surface area contributed by atoms with Gasteiger partial charge in [-0.1, -0.05) is 37.1 Å². The Morgan fingerprint density at radius 1 is 1.25 bits per heavy atom. The molecule has 2 unspecified atom stereocenters. The zero-order valence-corrected chi connectivity index (χ0v) is 14.9. The molecule has 0 aromatic heterocycles. The highest BCUT2D eigenvalue weighted by atomic mass is 16.1. The minimum absolute atomic E-state index is 0.0565. The molecule has 24 heavy (non-hydrogen) atoms. The maximum atomic E-state index is 12.6. The van der Waals surface area contributed by atoms with E-state index >= 15 is 0 Å². The smallest absolute Gasteiger partial charge is 0.225 e. The molecule has 0 bridgehead atoms. The van der Waals surface area contributed by atoms with E-state index in [2.05, 4.69) is 34.5 Å². The molecule has 1 heterocycles. The lowest BCUT2D eigenvalue weighted by atomic mass is 9.74. The first kappa shape index (κ1) is 17.4. The van der Waals surface area contributed by atoms with Gasteiger partial charge in [0.1, 0.15) is 0 Å². The fraction of sp³-hybridized carbons (Fsp3) is 0.650. The number of nitrogens with two attached hydrogens (primary N) is 1. The van der Waals surface area contributed by atoms with Gasteiger partial charge in [-0.25, -0.2) is 0 Å². The Morgan fingerprint density at radius 3 is 2.75 bits per heavy atom. The van der Waals surface area contributed by atoms with Gasteiger partial charge in [-0.3, -0.25) is 9.69 Å². The van der Waals surface area contributed by atoms with Crippen LogP contribution in [0.2, 0.25) is 0 Å². The lowest BCUT2D eigenvalue weighted by molar-refractivity contribution is -0.128. The molecule has 1 saturated carbocycles. The van der Waals surface area contributed by atoms with Crippen molar-refractivity contribution in [3.05, 3.63) is 35.4 Å². The second-order valence-electron chi connectivity index (χ2n) is 7.83. The van der Waals surface area contributed by atoms with E-state index in [4.69, 9.17) is 5.73 Å². The van der Waals surface area contributed by atoms with Gasteiger partial charge in [-0.05, 0) is 56.8 Å². The minimum Gasteiger partial charge on any atom is -0.352 e. The fourth-order valence-corrected chi connectivity index (χ4v) is 4.14. The summed E-state index contributed by atoms with van der Waals surface area (Å²) in [5, 5.41) is 3.11. The zero-order valence-electron chi connectivity index (χ0n) is 14.9. The van der Waals surface area contributed by atoms with Gasteiger partial charge in [0.05, 0.1) is 5.92 Å². The number of nitrogens with one attached hydrogen (secondary N) is 1. The van der Waals surface area contributed by atoms with E-state index in [1.807, 2.05) is 6.92 Å². The highest BCUT2D eigenvalue weighted by Gasteiger charge is 2.37. The average Bonchev–Trinajstić information content (AvgIpc) is 3.05. The van der Waals surface area contributed by atoms with Crippen LogP contribution in [0.1, 0.15) is 56.6 Å². The van der Waals surface area contributed by atoms with E-state index in [0.717, 1.165) is 32.2 Å². The van der Waals surface area contributed by atoms with Crippen molar-refractivity contribution < 1.29 is 4.79 Å². The summed E-state index contributed by atoms with van der Waals surface area (Å²) in [6, 6.07) is 8.60. The Kier molecular flexibility index (Phi) is 5.57. The first-order chi connectivity index (χ1) is 11.5. The van der Waals surface area contributed by atoms with Crippen molar-refractivity contribution >= 4 is 5.91 Å². The summed E-state index contributed by atoms with van der Waals surface area (Å²) in [4.78, 5) is 15.1. The standard InChI is InChI=1S/C20H31N3O/c1-20(21)10-3-2-9-18(20)19(24)22-14-16-7-6-8-17(13-16)15-23-11-4-5-12-23/h6-8,13,18H,2-5,9-12,14-15,21H2,1H3,(H,22,24). The molecule has 4 heteroatoms. The van der Waals surface area contributed by atoms with Crippen LogP contribution in [0, 0.1) is 5.92 Å². The Balaban J connectivity index is 1.55. The first-order valence-electron chi connectivity index (χ1n) is 9.41. The summed E-state index contributed by atoms with van der Waals surface area (Å²) < 4.78 is 0. The molecule has 0 radical (unpaired) electrons. The molecule has 0 spiro atoms. The van der Waals surface area contributed by atoms with E-state index in [-0.39, 0.29) is 17.4 Å². The van der Waals surface area contributed by atoms with Crippen molar-refractivity contribution in [2.45, 2.75) is 64.1 Å². The third-order valence-corrected chi connectivity index (χ3v) is 5.63. The van der Waals surface area contributed by atoms with E-state index in [1.165, 1.54) is 37.1 Å². The SMILES string of the molecule is CC1(N)CCCCC1C(=O)NCc1cccc(CN2CCCC2)c1. The van der Waals surface area contributed by atoms with Crippen molar-refractivity contribution in [1.82, 2.24) is 10.2 Å². The Morgan fingerprint density at radius 2 is 2.00 bits per heavy atom. The van der Waals surface area contributed by atoms with Crippen molar-refractivity contribution in [2.24, 2.45) is 11.7 Å². The fourth-order valence-electron chi connectivity index (χ4n) is 4.14. The van der Waals surface area contributed by atoms with Gasteiger partial charge >= 0.3 is 0 Å². The molecule has 1 aliphatic heterocycles. The number of carbonyl (C=O) groups excluding carboxylic acids is 1. The summed E-state index contributed by atoms with van der Waals surface area (Å²) >= 11 is 0. The van der Waals surface area contributed by atoms with Crippen molar-refractivity contribution in [1.29, 1.82) is 0 Å². The van der Waals surface area contributed by atoms with Crippen LogP contribution in [0.4, 0.5) is 0 Å². The Bertz CT molecular complexity index is 564. The third-order valence-electron chi connectivity index (χ3n) is 5.63. The van der Waals surface area contributed by atoms with Crippen LogP contribution >= 0.6 is 0 Å². The third kappa shape index (κ3) is 4.37. The predicted octanol–water partition coefficient (Wildman–Crippen LogP) is 2.81. The van der Waals surface area contributed by atoms with Crippen LogP contribution in [0.5, 0.6) is 0 Å². The summed E-state index contributed by atoms with van der Waals surface area (Å²) in [5.74, 6) is 0.0590. The van der Waals surface area contributed by atoms with E-state index in [9.17, 15) is 4.79 Å². The van der Waals surface area contributed by atoms with Crippen molar-refractivity contribution in [2.75, 3.05) is 13.1 Å². The summed E-state index contributed by atoms with van der Waals surface area (Å²) in [6.45, 7) is 6.05. The maximum absolute atomic E-state index is 12.6. The second-order valence-corrected chi connectivity index (χ2v) is 7.83. The molecular formula is C20H31N3O. The monoisotopic (exact) mass is 329 g/mol. The van der Waals surface area contributed by atoms with Crippen LogP contribution in [0.25, 0.3) is 0 Å². The Hall–Kier alpha value is -1.39. The highest BCUT2D eigenvalue weighted by Crippen LogP contribution is 2.31. The molecule has 2 atom stereocenters. The summed E-state index contributed by atoms with van der Waals surface area (Å²) in [6.07, 6.45) is 6.72. The molecule has 2 aliphatic rings. The summed E-state index contributed by atoms with van der Waals surface area (Å²) in [7, 11) is 0. The van der Waals surface area contributed by atoms with Gasteiger partial charge in [0.2, 0.25) is 5.91 Å². The van der Waals surface area contributed by atoms with Gasteiger partial charge < -0.3 is 11.1 Å². The highest BCUT2D eigenvalue weighted by molar-refractivity contribution is 5.80. The molecule has 2 fully saturated rings. The average molecular weight is 329 g/mol. The van der Waals surface area contributed by atoms with Crippen LogP contribution in [0.15, 0.2) is 24.3 Å². The van der Waals surface area contributed by atoms with Crippen molar-refractivity contribution in [3.63, 3.8) is 0 Å². The lowest BCUT2D eigenvalue weighted by Crippen LogP contribution is -2.52. The number of likely N-dealkylation sites (tertiary alicyclic amines) is 1. The number of nitrogens with zero attached hydrogens (tertiary/aromatic N) is 1. The van der Waals surface area contributed by atoms with Crippen LogP contribution in [-0.4, -0.2) is 29.4 Å². The molecule has 3 rings (SSSR count). The van der Waals surface area contributed by atoms with Gasteiger partial charge in [-0.15, -0.1) is 0 Å². The van der Waals surface area contributed by atoms with E-state index < -0.39 is 0 Å². The second kappa shape index (κ2) is 7.66. The Labute approximate surface area is 145 Å². The van der Waals surface area contributed by atoms with Gasteiger partial charge in [-0.2, -0.15) is 0 Å². The number of hydrogen-bond acceptors (Lipinski definition) is 3. The zero-order chi connectivity index (χ0) is 17.0. The topological polar surface area (TPSA) is 58.4 Å². The largest absolute Gasteiger partial charge is 0.352 e. The van der Waals surface area contributed by atoms with Gasteiger partial charge in [0.15, 0.2) is 0 Å². The van der Waals surface area contributed by atoms with Crippen molar-refractivity contribution in [3.8, 4) is 0 Å². The quantitative estimate of drug-likeness (QED) is 0.873. The first-order valence-corrected chi connectivity index (χ1v) is 9.41. The normalized spacial score (nSPS) is 28.0. The molecule has 1 saturated heterocycles. The molecule has 1 aliphatic carbocycles. The summed E-state index contributed by atoms with van der Waals surface area (Å²) in [5.41, 5.74) is 8.49. The van der Waals surface area contributed by atoms with Crippen LogP contribution in [-0.2, 0) is 17.9 Å². The lowest BCUT2D eigenvalue weighted by Gasteiger charge is -2.37. The molecule has 132 valence electrons. The van der Waals surface area contributed by atoms with Gasteiger partial charge in [0, 0.05) is 18.6 Å². The molecule has 1 aromatic carbocycles. The molecule has 3 N–H and O–H groups in total. The number of rotatable bonds is 5. The number of amides is 1. The maximum Gasteiger partial charge on any atom is 0.225 e. The van der Waals surface area contributed by atoms with E-state index in [0.29, 0.717) is 6.54 Å². The van der Waals surface area contributed by atoms with Crippen LogP contribution < -0.4 is 11.1 Å². The predicted molar refractivity (Wildman–Crippen MR) is 97.4 cm³/mol. The molecule has 4 nitrogen and oxygen atoms in total. The number of carbonyl (C=O) groups is 1. The van der Waals surface area contributed by atoms with Gasteiger partial charge in [0.25, 0.3) is 0 Å². The molecule has 1 aromatic rings. The van der Waals surface area contributed by atoms with E-state index in [1.54, 1.807) is 0 Å². The minimum atomic E-state index is -0.361. The number of benzene rings is 1. The molecule has 1 amide bonds. The van der Waals surface area contributed by atoms with Crippen LogP contribution in [0.3, 0.4) is 0 Å². The number of hydrogen-bond donors (Lipinski definition) is 2. The molecular weight excluding hydrogens is 298 g/mol.